The minimum Gasteiger partial charge on any atom is -0.299 e. The number of hydrogen-bond acceptors (Lipinski definition) is 1. The average Bonchev–Trinajstić information content (AvgIpc) is 2.13. The van der Waals surface area contributed by atoms with E-state index in [1.165, 1.54) is 12.8 Å². The molecule has 0 aromatic carbocycles. The summed E-state index contributed by atoms with van der Waals surface area (Å²) >= 11 is 0. The van der Waals surface area contributed by atoms with Crippen molar-refractivity contribution in [3.63, 3.8) is 0 Å². The van der Waals surface area contributed by atoms with Crippen molar-refractivity contribution in [2.24, 2.45) is 11.8 Å². The van der Waals surface area contributed by atoms with Gasteiger partial charge in [-0.05, 0) is 18.8 Å². The highest BCUT2D eigenvalue weighted by Gasteiger charge is 2.11. The molecule has 13 heavy (non-hydrogen) atoms. The van der Waals surface area contributed by atoms with Gasteiger partial charge < -0.3 is 0 Å². The molecule has 0 aliphatic carbocycles. The second-order valence-electron chi connectivity index (χ2n) is 4.21. The van der Waals surface area contributed by atoms with Crippen LogP contribution in [0.5, 0.6) is 0 Å². The minimum atomic E-state index is 0.272. The molecule has 0 N–H and O–H groups in total. The van der Waals surface area contributed by atoms with Crippen LogP contribution in [-0.4, -0.2) is 5.78 Å². The van der Waals surface area contributed by atoms with E-state index in [0.29, 0.717) is 5.78 Å². The van der Waals surface area contributed by atoms with Gasteiger partial charge in [-0.3, -0.25) is 4.79 Å². The highest BCUT2D eigenvalue weighted by molar-refractivity contribution is 5.80. The number of Topliss-reactive ketones (excluding diaryl/α,β-unsaturated/α-hetero) is 1. The molecule has 0 rings (SSSR count). The fourth-order valence-corrected chi connectivity index (χ4v) is 1.50. The molecule has 0 aliphatic heterocycles. The van der Waals surface area contributed by atoms with Crippen LogP contribution in [0.15, 0.2) is 0 Å². The van der Waals surface area contributed by atoms with Gasteiger partial charge in [0.15, 0.2) is 0 Å². The summed E-state index contributed by atoms with van der Waals surface area (Å²) in [6, 6.07) is 0. The predicted molar refractivity (Wildman–Crippen MR) is 57.8 cm³/mol. The second-order valence-corrected chi connectivity index (χ2v) is 4.21. The Labute approximate surface area is 82.9 Å². The van der Waals surface area contributed by atoms with E-state index in [2.05, 4.69) is 20.8 Å². The van der Waals surface area contributed by atoms with E-state index in [1.54, 1.807) is 0 Å². The molecule has 0 fully saturated rings. The van der Waals surface area contributed by atoms with Crippen LogP contribution in [0, 0.1) is 11.8 Å². The summed E-state index contributed by atoms with van der Waals surface area (Å²) in [6.45, 7) is 8.56. The topological polar surface area (TPSA) is 17.1 Å². The Hall–Kier alpha value is -0.330. The summed E-state index contributed by atoms with van der Waals surface area (Å²) in [5.74, 6) is 1.44. The molecule has 0 bridgehead atoms. The van der Waals surface area contributed by atoms with E-state index in [4.69, 9.17) is 0 Å². The predicted octanol–water partition coefficient (Wildman–Crippen LogP) is 3.82. The Bertz CT molecular complexity index is 140. The maximum Gasteiger partial charge on any atom is 0.135 e. The summed E-state index contributed by atoms with van der Waals surface area (Å²) < 4.78 is 0. The number of ketones is 1. The monoisotopic (exact) mass is 184 g/mol. The van der Waals surface area contributed by atoms with Gasteiger partial charge in [0.25, 0.3) is 0 Å². The van der Waals surface area contributed by atoms with Crippen LogP contribution >= 0.6 is 0 Å². The van der Waals surface area contributed by atoms with Crippen molar-refractivity contribution < 1.29 is 4.79 Å². The molecule has 2 unspecified atom stereocenters. The van der Waals surface area contributed by atoms with Gasteiger partial charge >= 0.3 is 0 Å². The van der Waals surface area contributed by atoms with Crippen molar-refractivity contribution in [1.29, 1.82) is 0 Å². The smallest absolute Gasteiger partial charge is 0.135 e. The third-order valence-electron chi connectivity index (χ3n) is 2.83. The van der Waals surface area contributed by atoms with Gasteiger partial charge in [-0.1, -0.05) is 40.5 Å². The van der Waals surface area contributed by atoms with Crippen LogP contribution in [0.2, 0.25) is 0 Å². The quantitative estimate of drug-likeness (QED) is 0.588. The zero-order valence-corrected chi connectivity index (χ0v) is 9.60. The molecule has 0 radical (unpaired) electrons. The van der Waals surface area contributed by atoms with Crippen molar-refractivity contribution in [3.05, 3.63) is 0 Å². The third-order valence-corrected chi connectivity index (χ3v) is 2.83. The van der Waals surface area contributed by atoms with Gasteiger partial charge in [0.2, 0.25) is 0 Å². The SMILES string of the molecule is CCCC(C)CCC(=O)C(C)CC. The van der Waals surface area contributed by atoms with Crippen LogP contribution in [0.1, 0.15) is 59.8 Å². The molecule has 0 saturated heterocycles. The molecule has 0 spiro atoms. The largest absolute Gasteiger partial charge is 0.299 e. The van der Waals surface area contributed by atoms with Gasteiger partial charge in [-0.25, -0.2) is 0 Å². The molecule has 1 heteroatoms. The van der Waals surface area contributed by atoms with Gasteiger partial charge in [-0.15, -0.1) is 0 Å². The lowest BCUT2D eigenvalue weighted by atomic mass is 9.94. The standard InChI is InChI=1S/C12H24O/c1-5-7-10(3)8-9-12(13)11(4)6-2/h10-11H,5-9H2,1-4H3. The van der Waals surface area contributed by atoms with E-state index < -0.39 is 0 Å². The molecule has 0 amide bonds. The average molecular weight is 184 g/mol. The highest BCUT2D eigenvalue weighted by atomic mass is 16.1. The van der Waals surface area contributed by atoms with Crippen molar-refractivity contribution in [2.75, 3.05) is 0 Å². The minimum absolute atomic E-state index is 0.272. The van der Waals surface area contributed by atoms with E-state index in [9.17, 15) is 4.79 Å². The van der Waals surface area contributed by atoms with Crippen molar-refractivity contribution in [2.45, 2.75) is 59.8 Å². The number of hydrogen-bond donors (Lipinski definition) is 0. The lowest BCUT2D eigenvalue weighted by molar-refractivity contribution is -0.122. The second kappa shape index (κ2) is 7.11. The molecule has 2 atom stereocenters. The molecule has 0 aromatic rings. The molecule has 0 heterocycles. The van der Waals surface area contributed by atoms with E-state index in [-0.39, 0.29) is 5.92 Å². The van der Waals surface area contributed by atoms with Crippen LogP contribution in [-0.2, 0) is 4.79 Å². The summed E-state index contributed by atoms with van der Waals surface area (Å²) in [5.41, 5.74) is 0. The summed E-state index contributed by atoms with van der Waals surface area (Å²) in [7, 11) is 0. The van der Waals surface area contributed by atoms with E-state index in [1.807, 2.05) is 6.92 Å². The first kappa shape index (κ1) is 12.7. The Balaban J connectivity index is 3.57. The lowest BCUT2D eigenvalue weighted by Crippen LogP contribution is -2.11. The summed E-state index contributed by atoms with van der Waals surface area (Å²) in [5, 5.41) is 0. The molecule has 78 valence electrons. The van der Waals surface area contributed by atoms with Crippen LogP contribution in [0.25, 0.3) is 0 Å². The first-order valence-corrected chi connectivity index (χ1v) is 5.64. The van der Waals surface area contributed by atoms with Crippen molar-refractivity contribution in [1.82, 2.24) is 0 Å². The fourth-order valence-electron chi connectivity index (χ4n) is 1.50. The third kappa shape index (κ3) is 5.84. The molecule has 0 saturated carbocycles. The first-order valence-electron chi connectivity index (χ1n) is 5.64. The van der Waals surface area contributed by atoms with Gasteiger partial charge in [0.05, 0.1) is 0 Å². The number of rotatable bonds is 7. The highest BCUT2D eigenvalue weighted by Crippen LogP contribution is 2.15. The Morgan fingerprint density at radius 2 is 1.77 bits per heavy atom. The van der Waals surface area contributed by atoms with Gasteiger partial charge in [0, 0.05) is 12.3 Å². The number of carbonyl (C=O) groups is 1. The van der Waals surface area contributed by atoms with Gasteiger partial charge in [-0.2, -0.15) is 0 Å². The van der Waals surface area contributed by atoms with Crippen LogP contribution in [0.4, 0.5) is 0 Å². The Morgan fingerprint density at radius 3 is 2.23 bits per heavy atom. The van der Waals surface area contributed by atoms with Crippen molar-refractivity contribution in [3.8, 4) is 0 Å². The van der Waals surface area contributed by atoms with E-state index >= 15 is 0 Å². The summed E-state index contributed by atoms with van der Waals surface area (Å²) in [4.78, 5) is 11.5. The Morgan fingerprint density at radius 1 is 1.15 bits per heavy atom. The Kier molecular flexibility index (Phi) is 6.93. The lowest BCUT2D eigenvalue weighted by Gasteiger charge is -2.11. The fraction of sp³-hybridized carbons (Fsp3) is 0.917. The molecular weight excluding hydrogens is 160 g/mol. The van der Waals surface area contributed by atoms with Crippen LogP contribution < -0.4 is 0 Å². The zero-order valence-electron chi connectivity index (χ0n) is 9.60. The van der Waals surface area contributed by atoms with Crippen molar-refractivity contribution >= 4 is 5.78 Å². The molecule has 1 nitrogen and oxygen atoms in total. The molecule has 0 aliphatic rings. The first-order chi connectivity index (χ1) is 6.11. The number of carbonyl (C=O) groups excluding carboxylic acids is 1. The van der Waals surface area contributed by atoms with Crippen LogP contribution in [0.3, 0.4) is 0 Å². The van der Waals surface area contributed by atoms with E-state index in [0.717, 1.165) is 25.2 Å². The molecule has 0 aromatic heterocycles. The normalized spacial score (nSPS) is 15.4. The summed E-state index contributed by atoms with van der Waals surface area (Å²) in [6.07, 6.45) is 5.35. The maximum absolute atomic E-state index is 11.5. The zero-order chi connectivity index (χ0) is 10.3. The van der Waals surface area contributed by atoms with Gasteiger partial charge in [0.1, 0.15) is 5.78 Å². The molecular formula is C12H24O. The maximum atomic E-state index is 11.5.